The van der Waals surface area contributed by atoms with Gasteiger partial charge < -0.3 is 30.5 Å². The van der Waals surface area contributed by atoms with E-state index in [9.17, 15) is 29.4 Å². The molecule has 0 aliphatic rings. The number of carbonyl (C=O) groups is 4. The normalized spacial score (nSPS) is 16.2. The van der Waals surface area contributed by atoms with Crippen LogP contribution in [0.1, 0.15) is 105 Å². The van der Waals surface area contributed by atoms with E-state index in [2.05, 4.69) is 5.32 Å². The quantitative estimate of drug-likeness (QED) is 0.104. The Balaban J connectivity index is 4.36. The SMILES string of the molecule is CC[C@@H](C)[C@@H](OC(=O)C[C@@H](CC(=O)O)C(=O)O)[C@@H](O)C[C@@H](C)CCCCCCCC[C@H](O)CNC(C)=O. The number of rotatable bonds is 22. The van der Waals surface area contributed by atoms with Crippen molar-refractivity contribution in [3.05, 3.63) is 0 Å². The first kappa shape index (κ1) is 34.8. The third kappa shape index (κ3) is 17.8. The molecular weight excluding hydrogens is 482 g/mol. The fourth-order valence-corrected chi connectivity index (χ4v) is 4.27. The van der Waals surface area contributed by atoms with Crippen LogP contribution in [0.2, 0.25) is 0 Å². The van der Waals surface area contributed by atoms with Gasteiger partial charge in [0.05, 0.1) is 31.0 Å². The fraction of sp³-hybridized carbons (Fsp3) is 0.852. The lowest BCUT2D eigenvalue weighted by Gasteiger charge is -2.30. The van der Waals surface area contributed by atoms with Gasteiger partial charge in [-0.1, -0.05) is 65.7 Å². The highest BCUT2D eigenvalue weighted by molar-refractivity contribution is 5.82. The van der Waals surface area contributed by atoms with Gasteiger partial charge in [0.2, 0.25) is 5.91 Å². The van der Waals surface area contributed by atoms with Crippen LogP contribution in [0.3, 0.4) is 0 Å². The standard InChI is InChI=1S/C27H49NO9/c1-5-19(3)26(37-25(34)16-21(27(35)36)15-24(32)33)23(31)14-18(2)12-10-8-6-7-9-11-13-22(30)17-28-20(4)29/h18-19,21-23,26,30-31H,5-17H2,1-4H3,(H,28,29)(H,32,33)(H,35,36)/t18-,19+,21+,22-,23-,26+/m0/s1. The van der Waals surface area contributed by atoms with Crippen molar-refractivity contribution >= 4 is 23.8 Å². The van der Waals surface area contributed by atoms with E-state index in [-0.39, 0.29) is 17.7 Å². The van der Waals surface area contributed by atoms with Crippen LogP contribution in [-0.2, 0) is 23.9 Å². The summed E-state index contributed by atoms with van der Waals surface area (Å²) in [4.78, 5) is 45.3. The molecule has 216 valence electrons. The first-order chi connectivity index (χ1) is 17.4. The molecule has 10 heteroatoms. The van der Waals surface area contributed by atoms with Crippen LogP contribution in [-0.4, -0.2) is 69.1 Å². The van der Waals surface area contributed by atoms with E-state index in [0.717, 1.165) is 44.9 Å². The molecule has 0 aromatic rings. The van der Waals surface area contributed by atoms with Gasteiger partial charge in [0.15, 0.2) is 0 Å². The van der Waals surface area contributed by atoms with Gasteiger partial charge in [-0.25, -0.2) is 0 Å². The maximum Gasteiger partial charge on any atom is 0.307 e. The summed E-state index contributed by atoms with van der Waals surface area (Å²) in [6, 6.07) is 0. The van der Waals surface area contributed by atoms with Crippen molar-refractivity contribution < 1.29 is 44.3 Å². The highest BCUT2D eigenvalue weighted by Crippen LogP contribution is 2.24. The lowest BCUT2D eigenvalue weighted by molar-refractivity contribution is -0.164. The maximum atomic E-state index is 12.4. The van der Waals surface area contributed by atoms with Gasteiger partial charge in [0.25, 0.3) is 0 Å². The second kappa shape index (κ2) is 19.9. The molecule has 0 saturated carbocycles. The first-order valence-corrected chi connectivity index (χ1v) is 13.6. The third-order valence-corrected chi connectivity index (χ3v) is 6.75. The number of esters is 1. The smallest absolute Gasteiger partial charge is 0.307 e. The van der Waals surface area contributed by atoms with Crippen molar-refractivity contribution in [1.29, 1.82) is 0 Å². The number of nitrogens with one attached hydrogen (secondary N) is 1. The molecular formula is C27H49NO9. The van der Waals surface area contributed by atoms with Crippen molar-refractivity contribution in [3.63, 3.8) is 0 Å². The van der Waals surface area contributed by atoms with Gasteiger partial charge in [-0.2, -0.15) is 0 Å². The van der Waals surface area contributed by atoms with Crippen molar-refractivity contribution in [2.45, 2.75) is 123 Å². The summed E-state index contributed by atoms with van der Waals surface area (Å²) in [5, 5.41) is 41.2. The topological polar surface area (TPSA) is 170 Å². The first-order valence-electron chi connectivity index (χ1n) is 13.6. The Morgan fingerprint density at radius 3 is 1.95 bits per heavy atom. The van der Waals surface area contributed by atoms with Gasteiger partial charge in [-0.15, -0.1) is 0 Å². The Morgan fingerprint density at radius 1 is 0.865 bits per heavy atom. The summed E-state index contributed by atoms with van der Waals surface area (Å²) in [5.41, 5.74) is 0. The van der Waals surface area contributed by atoms with Gasteiger partial charge >= 0.3 is 17.9 Å². The average molecular weight is 532 g/mol. The molecule has 5 N–H and O–H groups in total. The molecule has 0 radical (unpaired) electrons. The van der Waals surface area contributed by atoms with Gasteiger partial charge in [-0.05, 0) is 31.1 Å². The number of hydrogen-bond acceptors (Lipinski definition) is 7. The van der Waals surface area contributed by atoms with Gasteiger partial charge in [0, 0.05) is 13.5 Å². The van der Waals surface area contributed by atoms with Crippen molar-refractivity contribution in [3.8, 4) is 0 Å². The number of carboxylic acids is 2. The molecule has 0 aromatic heterocycles. The molecule has 0 bridgehead atoms. The number of aliphatic hydroxyl groups excluding tert-OH is 2. The molecule has 0 rings (SSSR count). The minimum Gasteiger partial charge on any atom is -0.481 e. The minimum absolute atomic E-state index is 0.134. The summed E-state index contributed by atoms with van der Waals surface area (Å²) in [7, 11) is 0. The monoisotopic (exact) mass is 531 g/mol. The Kier molecular flexibility index (Phi) is 18.7. The number of carbonyl (C=O) groups excluding carboxylic acids is 2. The number of unbranched alkanes of at least 4 members (excludes halogenated alkanes) is 5. The zero-order valence-electron chi connectivity index (χ0n) is 23.0. The Bertz CT molecular complexity index is 685. The lowest BCUT2D eigenvalue weighted by atomic mass is 9.89. The Hall–Kier alpha value is -2.20. The van der Waals surface area contributed by atoms with E-state index in [0.29, 0.717) is 25.8 Å². The number of aliphatic hydroxyl groups is 2. The highest BCUT2D eigenvalue weighted by Gasteiger charge is 2.32. The molecule has 10 nitrogen and oxygen atoms in total. The van der Waals surface area contributed by atoms with Gasteiger partial charge in [0.1, 0.15) is 6.10 Å². The number of amides is 1. The number of ether oxygens (including phenoxy) is 1. The Labute approximate surface area is 221 Å². The fourth-order valence-electron chi connectivity index (χ4n) is 4.27. The average Bonchev–Trinajstić information content (AvgIpc) is 2.81. The van der Waals surface area contributed by atoms with Gasteiger partial charge in [-0.3, -0.25) is 19.2 Å². The number of hydrogen-bond donors (Lipinski definition) is 5. The molecule has 0 saturated heterocycles. The minimum atomic E-state index is -1.37. The Morgan fingerprint density at radius 2 is 1.43 bits per heavy atom. The van der Waals surface area contributed by atoms with E-state index in [1.165, 1.54) is 6.92 Å². The molecule has 37 heavy (non-hydrogen) atoms. The molecule has 0 aliphatic heterocycles. The number of carboxylic acid groups (broad SMARTS) is 2. The zero-order valence-corrected chi connectivity index (χ0v) is 23.0. The maximum absolute atomic E-state index is 12.4. The van der Waals surface area contributed by atoms with Crippen LogP contribution < -0.4 is 5.32 Å². The highest BCUT2D eigenvalue weighted by atomic mass is 16.6. The second-order valence-electron chi connectivity index (χ2n) is 10.4. The molecule has 0 aliphatic carbocycles. The molecule has 0 aromatic carbocycles. The summed E-state index contributed by atoms with van der Waals surface area (Å²) in [6.07, 6.45) is 5.52. The van der Waals surface area contributed by atoms with Crippen LogP contribution in [0.5, 0.6) is 0 Å². The predicted octanol–water partition coefficient (Wildman–Crippen LogP) is 3.51. The summed E-state index contributed by atoms with van der Waals surface area (Å²) in [5.74, 6) is -4.91. The largest absolute Gasteiger partial charge is 0.481 e. The third-order valence-electron chi connectivity index (χ3n) is 6.75. The van der Waals surface area contributed by atoms with E-state index >= 15 is 0 Å². The van der Waals surface area contributed by atoms with E-state index in [4.69, 9.17) is 14.9 Å². The molecule has 6 atom stereocenters. The van der Waals surface area contributed by atoms with Crippen LogP contribution in [0.4, 0.5) is 0 Å². The van der Waals surface area contributed by atoms with E-state index in [1.807, 2.05) is 20.8 Å². The molecule has 0 spiro atoms. The molecule has 0 unspecified atom stereocenters. The van der Waals surface area contributed by atoms with Crippen LogP contribution in [0, 0.1) is 17.8 Å². The van der Waals surface area contributed by atoms with Crippen molar-refractivity contribution in [1.82, 2.24) is 5.32 Å². The number of aliphatic carboxylic acids is 2. The molecule has 0 heterocycles. The summed E-state index contributed by atoms with van der Waals surface area (Å²) >= 11 is 0. The second-order valence-corrected chi connectivity index (χ2v) is 10.4. The van der Waals surface area contributed by atoms with Crippen LogP contribution in [0.15, 0.2) is 0 Å². The zero-order chi connectivity index (χ0) is 28.4. The molecule has 1 amide bonds. The van der Waals surface area contributed by atoms with Crippen molar-refractivity contribution in [2.24, 2.45) is 17.8 Å². The van der Waals surface area contributed by atoms with E-state index in [1.54, 1.807) is 0 Å². The summed E-state index contributed by atoms with van der Waals surface area (Å²) < 4.78 is 5.47. The lowest BCUT2D eigenvalue weighted by Crippen LogP contribution is -2.38. The van der Waals surface area contributed by atoms with Crippen LogP contribution >= 0.6 is 0 Å². The predicted molar refractivity (Wildman–Crippen MR) is 139 cm³/mol. The summed E-state index contributed by atoms with van der Waals surface area (Å²) in [6.45, 7) is 7.54. The molecule has 0 fully saturated rings. The van der Waals surface area contributed by atoms with Crippen molar-refractivity contribution in [2.75, 3.05) is 6.54 Å². The van der Waals surface area contributed by atoms with E-state index < -0.39 is 55.0 Å². The van der Waals surface area contributed by atoms with Crippen LogP contribution in [0.25, 0.3) is 0 Å².